The van der Waals surface area contributed by atoms with Crippen LogP contribution in [0.5, 0.6) is 0 Å². The Bertz CT molecular complexity index is 468. The van der Waals surface area contributed by atoms with E-state index in [1.807, 2.05) is 6.92 Å². The zero-order valence-corrected chi connectivity index (χ0v) is 8.33. The standard InChI is InChI=1S/C9H12N4O2/c1-3-5-6(4-2)10-7-8(14)11-9(15)13-12-7/h1,6H,4-5H2,2H3,(H,10,12)(H2,11,13,14,15). The van der Waals surface area contributed by atoms with Crippen molar-refractivity contribution in [2.24, 2.45) is 0 Å². The summed E-state index contributed by atoms with van der Waals surface area (Å²) in [5.41, 5.74) is -1.18. The highest BCUT2D eigenvalue weighted by Crippen LogP contribution is 2.02. The molecular weight excluding hydrogens is 196 g/mol. The van der Waals surface area contributed by atoms with Crippen molar-refractivity contribution in [1.82, 2.24) is 15.2 Å². The molecule has 0 bridgehead atoms. The maximum atomic E-state index is 11.2. The molecule has 80 valence electrons. The maximum absolute atomic E-state index is 11.2. The van der Waals surface area contributed by atoms with Crippen LogP contribution in [-0.2, 0) is 0 Å². The summed E-state index contributed by atoms with van der Waals surface area (Å²) in [6.07, 6.45) is 6.43. The summed E-state index contributed by atoms with van der Waals surface area (Å²) in [5.74, 6) is 2.58. The quantitative estimate of drug-likeness (QED) is 0.591. The van der Waals surface area contributed by atoms with Gasteiger partial charge in [0.25, 0.3) is 5.56 Å². The van der Waals surface area contributed by atoms with E-state index in [0.29, 0.717) is 6.42 Å². The first-order valence-corrected chi connectivity index (χ1v) is 4.56. The zero-order valence-electron chi connectivity index (χ0n) is 8.33. The highest BCUT2D eigenvalue weighted by molar-refractivity contribution is 5.30. The molecule has 0 saturated heterocycles. The monoisotopic (exact) mass is 208 g/mol. The predicted molar refractivity (Wildman–Crippen MR) is 56.6 cm³/mol. The number of nitrogens with one attached hydrogen (secondary N) is 3. The predicted octanol–water partition coefficient (Wildman–Crippen LogP) is -0.328. The molecule has 0 aliphatic rings. The van der Waals surface area contributed by atoms with Crippen LogP contribution in [0.2, 0.25) is 0 Å². The van der Waals surface area contributed by atoms with Gasteiger partial charge < -0.3 is 5.32 Å². The number of aromatic nitrogens is 3. The molecule has 1 rings (SSSR count). The third-order valence-corrected chi connectivity index (χ3v) is 1.91. The molecule has 0 aliphatic carbocycles. The number of aromatic amines is 2. The number of hydrogen-bond acceptors (Lipinski definition) is 4. The molecule has 0 fully saturated rings. The van der Waals surface area contributed by atoms with Crippen molar-refractivity contribution in [3.8, 4) is 12.3 Å². The highest BCUT2D eigenvalue weighted by Gasteiger charge is 2.08. The number of anilines is 1. The first-order chi connectivity index (χ1) is 7.17. The normalized spacial score (nSPS) is 11.7. The van der Waals surface area contributed by atoms with Crippen LogP contribution < -0.4 is 16.6 Å². The Morgan fingerprint density at radius 1 is 1.60 bits per heavy atom. The minimum atomic E-state index is -0.629. The van der Waals surface area contributed by atoms with Crippen molar-refractivity contribution in [3.05, 3.63) is 20.8 Å². The molecular formula is C9H12N4O2. The molecule has 6 nitrogen and oxygen atoms in total. The SMILES string of the molecule is C#CCC(CC)Nc1n[nH]c(=O)[nH]c1=O. The summed E-state index contributed by atoms with van der Waals surface area (Å²) in [4.78, 5) is 24.0. The Hall–Kier alpha value is -2.03. The van der Waals surface area contributed by atoms with Gasteiger partial charge in [-0.25, -0.2) is 9.89 Å². The number of H-pyrrole nitrogens is 2. The van der Waals surface area contributed by atoms with E-state index < -0.39 is 11.2 Å². The minimum absolute atomic E-state index is 0.0190. The van der Waals surface area contributed by atoms with Crippen LogP contribution in [0.25, 0.3) is 0 Å². The Balaban J connectivity index is 2.85. The lowest BCUT2D eigenvalue weighted by molar-refractivity contribution is 0.702. The average molecular weight is 208 g/mol. The van der Waals surface area contributed by atoms with E-state index in [2.05, 4.69) is 26.4 Å². The average Bonchev–Trinajstić information content (AvgIpc) is 2.21. The summed E-state index contributed by atoms with van der Waals surface area (Å²) in [6, 6.07) is -0.0190. The number of nitrogens with zero attached hydrogens (tertiary/aromatic N) is 1. The van der Waals surface area contributed by atoms with Crippen molar-refractivity contribution in [2.45, 2.75) is 25.8 Å². The Morgan fingerprint density at radius 3 is 2.87 bits per heavy atom. The number of terminal acetylenes is 1. The van der Waals surface area contributed by atoms with Gasteiger partial charge in [-0.3, -0.25) is 9.78 Å². The largest absolute Gasteiger partial charge is 0.360 e. The van der Waals surface area contributed by atoms with Crippen LogP contribution >= 0.6 is 0 Å². The maximum Gasteiger partial charge on any atom is 0.342 e. The number of rotatable bonds is 4. The van der Waals surface area contributed by atoms with Gasteiger partial charge in [0.1, 0.15) is 0 Å². The third-order valence-electron chi connectivity index (χ3n) is 1.91. The van der Waals surface area contributed by atoms with Gasteiger partial charge in [-0.1, -0.05) is 6.92 Å². The molecule has 0 amide bonds. The van der Waals surface area contributed by atoms with E-state index >= 15 is 0 Å². The Kier molecular flexibility index (Phi) is 3.68. The van der Waals surface area contributed by atoms with E-state index in [-0.39, 0.29) is 11.9 Å². The summed E-state index contributed by atoms with van der Waals surface area (Å²) in [6.45, 7) is 1.94. The van der Waals surface area contributed by atoms with Crippen LogP contribution in [0.15, 0.2) is 9.59 Å². The van der Waals surface area contributed by atoms with Crippen molar-refractivity contribution in [2.75, 3.05) is 5.32 Å². The molecule has 0 spiro atoms. The van der Waals surface area contributed by atoms with Crippen molar-refractivity contribution in [1.29, 1.82) is 0 Å². The molecule has 0 aromatic carbocycles. The zero-order chi connectivity index (χ0) is 11.3. The Morgan fingerprint density at radius 2 is 2.33 bits per heavy atom. The van der Waals surface area contributed by atoms with Crippen molar-refractivity contribution >= 4 is 5.82 Å². The van der Waals surface area contributed by atoms with Crippen molar-refractivity contribution < 1.29 is 0 Å². The molecule has 1 aromatic rings. The molecule has 1 heterocycles. The summed E-state index contributed by atoms with van der Waals surface area (Å²) < 4.78 is 0. The molecule has 1 unspecified atom stereocenters. The molecule has 0 radical (unpaired) electrons. The van der Waals surface area contributed by atoms with Gasteiger partial charge in [0.05, 0.1) is 0 Å². The fourth-order valence-electron chi connectivity index (χ4n) is 1.08. The molecule has 0 saturated carbocycles. The van der Waals surface area contributed by atoms with Crippen LogP contribution in [0.4, 0.5) is 5.82 Å². The third kappa shape index (κ3) is 2.98. The van der Waals surface area contributed by atoms with E-state index in [4.69, 9.17) is 6.42 Å². The van der Waals surface area contributed by atoms with Gasteiger partial charge in [-0.2, -0.15) is 0 Å². The fourth-order valence-corrected chi connectivity index (χ4v) is 1.08. The van der Waals surface area contributed by atoms with Crippen molar-refractivity contribution in [3.63, 3.8) is 0 Å². The van der Waals surface area contributed by atoms with Gasteiger partial charge in [-0.15, -0.1) is 17.4 Å². The summed E-state index contributed by atoms with van der Waals surface area (Å²) >= 11 is 0. The molecule has 1 atom stereocenters. The van der Waals surface area contributed by atoms with E-state index in [1.165, 1.54) is 0 Å². The molecule has 0 aliphatic heterocycles. The second-order valence-corrected chi connectivity index (χ2v) is 3.01. The fraction of sp³-hybridized carbons (Fsp3) is 0.444. The van der Waals surface area contributed by atoms with Crippen LogP contribution in [0.3, 0.4) is 0 Å². The van der Waals surface area contributed by atoms with Crippen LogP contribution in [0, 0.1) is 12.3 Å². The lowest BCUT2D eigenvalue weighted by Crippen LogP contribution is -2.30. The van der Waals surface area contributed by atoms with E-state index in [9.17, 15) is 9.59 Å². The second kappa shape index (κ2) is 5.00. The number of hydrogen-bond donors (Lipinski definition) is 3. The smallest absolute Gasteiger partial charge is 0.342 e. The molecule has 3 N–H and O–H groups in total. The molecule has 1 aromatic heterocycles. The lowest BCUT2D eigenvalue weighted by atomic mass is 10.1. The minimum Gasteiger partial charge on any atom is -0.360 e. The van der Waals surface area contributed by atoms with Gasteiger partial charge in [0.15, 0.2) is 0 Å². The Labute approximate surface area is 86.1 Å². The van der Waals surface area contributed by atoms with Crippen LogP contribution in [-0.4, -0.2) is 21.2 Å². The lowest BCUT2D eigenvalue weighted by Gasteiger charge is -2.12. The van der Waals surface area contributed by atoms with Crippen LogP contribution in [0.1, 0.15) is 19.8 Å². The summed E-state index contributed by atoms with van der Waals surface area (Å²) in [7, 11) is 0. The van der Waals surface area contributed by atoms with Gasteiger partial charge in [0.2, 0.25) is 5.82 Å². The van der Waals surface area contributed by atoms with E-state index in [0.717, 1.165) is 6.42 Å². The summed E-state index contributed by atoms with van der Waals surface area (Å²) in [5, 5.41) is 8.58. The molecule has 6 heteroatoms. The van der Waals surface area contributed by atoms with Gasteiger partial charge in [0, 0.05) is 12.5 Å². The first kappa shape index (κ1) is 11.0. The topological polar surface area (TPSA) is 90.6 Å². The van der Waals surface area contributed by atoms with E-state index in [1.54, 1.807) is 0 Å². The molecule has 15 heavy (non-hydrogen) atoms. The van der Waals surface area contributed by atoms with Gasteiger partial charge in [-0.05, 0) is 6.42 Å². The first-order valence-electron chi connectivity index (χ1n) is 4.56. The van der Waals surface area contributed by atoms with Gasteiger partial charge >= 0.3 is 5.69 Å². The second-order valence-electron chi connectivity index (χ2n) is 3.01. The highest BCUT2D eigenvalue weighted by atomic mass is 16.2.